The zero-order chi connectivity index (χ0) is 37.7. The van der Waals surface area contributed by atoms with Crippen molar-refractivity contribution in [3.8, 4) is 39.1 Å². The number of hydrogen-bond acceptors (Lipinski definition) is 2. The molecule has 3 nitrogen and oxygen atoms in total. The summed E-state index contributed by atoms with van der Waals surface area (Å²) in [6, 6.07) is 77.9. The molecular weight excluding hydrogens is 693 g/mol. The van der Waals surface area contributed by atoms with E-state index in [1.54, 1.807) is 0 Å². The summed E-state index contributed by atoms with van der Waals surface area (Å²) in [6.07, 6.45) is 0. The Morgan fingerprint density at radius 3 is 1.58 bits per heavy atom. The molecule has 0 aliphatic carbocycles. The minimum Gasteiger partial charge on any atom is -0.454 e. The largest absolute Gasteiger partial charge is 0.454 e. The van der Waals surface area contributed by atoms with Crippen molar-refractivity contribution in [2.75, 3.05) is 4.90 Å². The van der Waals surface area contributed by atoms with Crippen LogP contribution in [0.4, 0.5) is 17.1 Å². The molecule has 0 saturated heterocycles. The predicted octanol–water partition coefficient (Wildman–Crippen LogP) is 15.2. The number of para-hydroxylation sites is 3. The summed E-state index contributed by atoms with van der Waals surface area (Å²) in [5.41, 5.74) is 15.4. The first kappa shape index (κ1) is 32.8. The van der Waals surface area contributed by atoms with Crippen LogP contribution in [0.25, 0.3) is 82.8 Å². The first-order valence-corrected chi connectivity index (χ1v) is 19.4. The summed E-state index contributed by atoms with van der Waals surface area (Å²) in [5, 5.41) is 4.70. The van der Waals surface area contributed by atoms with Gasteiger partial charge in [-0.05, 0) is 94.0 Å². The average molecular weight is 729 g/mol. The van der Waals surface area contributed by atoms with Crippen molar-refractivity contribution in [3.05, 3.63) is 218 Å². The number of benzene rings is 9. The molecule has 0 amide bonds. The minimum atomic E-state index is 0.852. The van der Waals surface area contributed by atoms with Crippen LogP contribution in [0.5, 0.6) is 0 Å². The van der Waals surface area contributed by atoms with E-state index in [1.807, 2.05) is 0 Å². The molecule has 268 valence electrons. The lowest BCUT2D eigenvalue weighted by Crippen LogP contribution is -2.10. The topological polar surface area (TPSA) is 21.3 Å². The zero-order valence-corrected chi connectivity index (χ0v) is 31.1. The van der Waals surface area contributed by atoms with Gasteiger partial charge in [-0.1, -0.05) is 158 Å². The monoisotopic (exact) mass is 728 g/mol. The second-order valence-electron chi connectivity index (χ2n) is 14.5. The smallest absolute Gasteiger partial charge is 0.159 e. The van der Waals surface area contributed by atoms with Crippen LogP contribution < -0.4 is 4.90 Å². The highest BCUT2D eigenvalue weighted by Gasteiger charge is 2.22. The Labute approximate surface area is 330 Å². The first-order chi connectivity index (χ1) is 28.3. The average Bonchev–Trinajstić information content (AvgIpc) is 3.85. The summed E-state index contributed by atoms with van der Waals surface area (Å²) in [5.74, 6) is 0. The highest BCUT2D eigenvalue weighted by Crippen LogP contribution is 2.45. The number of anilines is 3. The maximum atomic E-state index is 6.84. The van der Waals surface area contributed by atoms with Gasteiger partial charge in [-0.2, -0.15) is 0 Å². The van der Waals surface area contributed by atoms with Gasteiger partial charge in [0.15, 0.2) is 5.58 Å². The van der Waals surface area contributed by atoms with Gasteiger partial charge in [0.2, 0.25) is 0 Å². The van der Waals surface area contributed by atoms with Crippen LogP contribution in [0.1, 0.15) is 0 Å². The van der Waals surface area contributed by atoms with Crippen molar-refractivity contribution >= 4 is 60.8 Å². The fourth-order valence-corrected chi connectivity index (χ4v) is 8.63. The molecule has 11 aromatic rings. The van der Waals surface area contributed by atoms with Crippen LogP contribution in [-0.4, -0.2) is 4.57 Å². The van der Waals surface area contributed by atoms with E-state index in [4.69, 9.17) is 4.42 Å². The molecule has 0 saturated carbocycles. The summed E-state index contributed by atoms with van der Waals surface area (Å²) >= 11 is 0. The molecule has 0 bridgehead atoms. The number of fused-ring (bicyclic) bond motifs is 6. The van der Waals surface area contributed by atoms with Gasteiger partial charge < -0.3 is 13.9 Å². The van der Waals surface area contributed by atoms with Gasteiger partial charge in [-0.15, -0.1) is 0 Å². The number of aromatic nitrogens is 1. The van der Waals surface area contributed by atoms with Crippen LogP contribution >= 0.6 is 0 Å². The number of furan rings is 1. The Hall–Kier alpha value is -7.62. The third kappa shape index (κ3) is 5.51. The van der Waals surface area contributed by atoms with Crippen LogP contribution in [0.3, 0.4) is 0 Å². The van der Waals surface area contributed by atoms with E-state index in [1.165, 1.54) is 44.1 Å². The molecule has 0 aliphatic rings. The van der Waals surface area contributed by atoms with Gasteiger partial charge >= 0.3 is 0 Å². The fraction of sp³-hybridized carbons (Fsp3) is 0. The van der Waals surface area contributed by atoms with Gasteiger partial charge in [0.05, 0.1) is 16.7 Å². The lowest BCUT2D eigenvalue weighted by molar-refractivity contribution is 0.669. The number of hydrogen-bond donors (Lipinski definition) is 0. The molecule has 9 aromatic carbocycles. The maximum Gasteiger partial charge on any atom is 0.159 e. The van der Waals surface area contributed by atoms with Crippen LogP contribution in [0, 0.1) is 0 Å². The third-order valence-electron chi connectivity index (χ3n) is 11.2. The standard InChI is InChI=1S/C54H36N2O/c1-4-15-37(16-5-1)38-29-33-42(34-30-38)55(50-27-13-24-47-53-45(39-17-6-2-7-18-39)23-14-28-51(53)57-54(47)50)43-35-31-40(32-36-43)44-22-12-26-49-52(44)46-21-10-11-25-48(46)56(49)41-19-8-3-9-20-41/h1-36H. The molecule has 0 spiro atoms. The first-order valence-electron chi connectivity index (χ1n) is 19.4. The van der Waals surface area contributed by atoms with Gasteiger partial charge in [0.1, 0.15) is 5.58 Å². The summed E-state index contributed by atoms with van der Waals surface area (Å²) in [4.78, 5) is 2.33. The Morgan fingerprint density at radius 1 is 0.351 bits per heavy atom. The van der Waals surface area contributed by atoms with Crippen LogP contribution in [-0.2, 0) is 0 Å². The molecule has 2 heterocycles. The fourth-order valence-electron chi connectivity index (χ4n) is 8.63. The lowest BCUT2D eigenvalue weighted by Gasteiger charge is -2.26. The predicted molar refractivity (Wildman–Crippen MR) is 239 cm³/mol. The zero-order valence-electron chi connectivity index (χ0n) is 31.1. The normalized spacial score (nSPS) is 11.5. The van der Waals surface area contributed by atoms with Gasteiger partial charge in [0.25, 0.3) is 0 Å². The quantitative estimate of drug-likeness (QED) is 0.163. The minimum absolute atomic E-state index is 0.852. The van der Waals surface area contributed by atoms with E-state index in [0.29, 0.717) is 0 Å². The van der Waals surface area contributed by atoms with E-state index in [9.17, 15) is 0 Å². The third-order valence-corrected chi connectivity index (χ3v) is 11.2. The van der Waals surface area contributed by atoms with Crippen molar-refractivity contribution in [1.29, 1.82) is 0 Å². The van der Waals surface area contributed by atoms with E-state index in [2.05, 4.69) is 228 Å². The van der Waals surface area contributed by atoms with Crippen molar-refractivity contribution in [3.63, 3.8) is 0 Å². The molecule has 0 unspecified atom stereocenters. The van der Waals surface area contributed by atoms with Crippen molar-refractivity contribution in [2.45, 2.75) is 0 Å². The van der Waals surface area contributed by atoms with Crippen molar-refractivity contribution in [1.82, 2.24) is 4.57 Å². The maximum absolute atomic E-state index is 6.84. The van der Waals surface area contributed by atoms with E-state index in [0.717, 1.165) is 55.8 Å². The van der Waals surface area contributed by atoms with Gasteiger partial charge in [-0.3, -0.25) is 0 Å². The lowest BCUT2D eigenvalue weighted by atomic mass is 9.98. The molecule has 0 N–H and O–H groups in total. The second-order valence-corrected chi connectivity index (χ2v) is 14.5. The summed E-state index contributed by atoms with van der Waals surface area (Å²) < 4.78 is 9.22. The van der Waals surface area contributed by atoms with E-state index >= 15 is 0 Å². The van der Waals surface area contributed by atoms with Crippen molar-refractivity contribution in [2.24, 2.45) is 0 Å². The summed E-state index contributed by atoms with van der Waals surface area (Å²) in [6.45, 7) is 0. The summed E-state index contributed by atoms with van der Waals surface area (Å²) in [7, 11) is 0. The Kier molecular flexibility index (Phi) is 7.82. The molecule has 2 aromatic heterocycles. The number of rotatable bonds is 7. The molecule has 57 heavy (non-hydrogen) atoms. The van der Waals surface area contributed by atoms with Crippen LogP contribution in [0.15, 0.2) is 223 Å². The molecule has 0 aliphatic heterocycles. The van der Waals surface area contributed by atoms with Gasteiger partial charge in [0, 0.05) is 38.6 Å². The van der Waals surface area contributed by atoms with E-state index in [-0.39, 0.29) is 0 Å². The van der Waals surface area contributed by atoms with E-state index < -0.39 is 0 Å². The number of nitrogens with zero attached hydrogens (tertiary/aromatic N) is 2. The molecule has 3 heteroatoms. The Bertz CT molecular complexity index is 3200. The second kappa shape index (κ2) is 13.6. The van der Waals surface area contributed by atoms with Crippen molar-refractivity contribution < 1.29 is 4.42 Å². The van der Waals surface area contributed by atoms with Gasteiger partial charge in [-0.25, -0.2) is 0 Å². The SMILES string of the molecule is c1ccc(-c2ccc(N(c3ccc(-c4cccc5c4c4ccccc4n5-c4ccccc4)cc3)c3cccc4c3oc3cccc(-c5ccccc5)c34)cc2)cc1. The molecule has 0 atom stereocenters. The highest BCUT2D eigenvalue weighted by atomic mass is 16.3. The Morgan fingerprint density at radius 2 is 0.860 bits per heavy atom. The molecule has 0 radical (unpaired) electrons. The van der Waals surface area contributed by atoms with Crippen LogP contribution in [0.2, 0.25) is 0 Å². The molecule has 0 fully saturated rings. The molecular formula is C54H36N2O. The Balaban J connectivity index is 1.08. The molecule has 11 rings (SSSR count). The highest BCUT2D eigenvalue weighted by molar-refractivity contribution is 6.17.